The molecule has 2 nitrogen and oxygen atoms in total. The minimum atomic E-state index is -1.57. The van der Waals surface area contributed by atoms with E-state index in [1.165, 1.54) is 30.6 Å². The van der Waals surface area contributed by atoms with Crippen molar-refractivity contribution in [1.82, 2.24) is 0 Å². The molecule has 1 atom stereocenters. The summed E-state index contributed by atoms with van der Waals surface area (Å²) in [6.07, 6.45) is 13.0. The predicted molar refractivity (Wildman–Crippen MR) is 117 cm³/mol. The van der Waals surface area contributed by atoms with E-state index in [2.05, 4.69) is 111 Å². The Kier molecular flexibility index (Phi) is 6.96. The van der Waals surface area contributed by atoms with Crippen molar-refractivity contribution in [3.63, 3.8) is 0 Å². The van der Waals surface area contributed by atoms with Gasteiger partial charge in [-0.2, -0.15) is 0 Å². The number of allylic oxidation sites excluding steroid dienone is 4. The third-order valence-corrected chi connectivity index (χ3v) is 11.8. The van der Waals surface area contributed by atoms with Crippen molar-refractivity contribution in [3.05, 3.63) is 72.8 Å². The van der Waals surface area contributed by atoms with E-state index in [-0.39, 0.29) is 0 Å². The molecule has 0 bridgehead atoms. The van der Waals surface area contributed by atoms with Crippen LogP contribution in [0.5, 0.6) is 0 Å². The normalized spacial score (nSPS) is 17.2. The molecule has 0 fully saturated rings. The van der Waals surface area contributed by atoms with Gasteiger partial charge in [-0.05, 0) is 0 Å². The van der Waals surface area contributed by atoms with Gasteiger partial charge in [0.2, 0.25) is 0 Å². The van der Waals surface area contributed by atoms with Crippen molar-refractivity contribution >= 4 is 19.3 Å². The zero-order valence-corrected chi connectivity index (χ0v) is 19.1. The van der Waals surface area contributed by atoms with Crippen LogP contribution in [0.15, 0.2) is 72.8 Å². The molecule has 27 heavy (non-hydrogen) atoms. The number of rotatable bonds is 5. The van der Waals surface area contributed by atoms with E-state index in [4.69, 9.17) is 0 Å². The number of hydrogen-bond donors (Lipinski definition) is 0. The van der Waals surface area contributed by atoms with E-state index in [1.54, 1.807) is 7.91 Å². The van der Waals surface area contributed by atoms with E-state index in [0.717, 1.165) is 0 Å². The van der Waals surface area contributed by atoms with Gasteiger partial charge >= 0.3 is 171 Å². The Labute approximate surface area is 170 Å². The number of anilines is 2. The fourth-order valence-corrected chi connectivity index (χ4v) is 9.98. The molecular formula is C24H31N2Pt. The first-order valence-electron chi connectivity index (χ1n) is 9.53. The maximum atomic E-state index is 2.47. The molecule has 0 aliphatic heterocycles. The standard InChI is InChI=1S/2C8H10N.C8H11.Pt/c2*1-9(2)8-6-4-3-5-7-8;1-2-4-6-8-7-5-3-1;/h2*4-7H,1-2H3;1-5H,6-8H2;. The molecule has 3 rings (SSSR count). The molecule has 2 aromatic carbocycles. The first kappa shape index (κ1) is 20.0. The topological polar surface area (TPSA) is 6.48 Å². The average molecular weight is 543 g/mol. The van der Waals surface area contributed by atoms with Crippen molar-refractivity contribution < 1.29 is 17.3 Å². The van der Waals surface area contributed by atoms with Crippen LogP contribution in [-0.4, -0.2) is 28.2 Å². The Morgan fingerprint density at radius 3 is 1.74 bits per heavy atom. The third-order valence-electron chi connectivity index (χ3n) is 4.66. The predicted octanol–water partition coefficient (Wildman–Crippen LogP) is 4.47. The maximum absolute atomic E-state index is 2.47. The van der Waals surface area contributed by atoms with E-state index in [9.17, 15) is 0 Å². The summed E-state index contributed by atoms with van der Waals surface area (Å²) < 4.78 is 3.79. The van der Waals surface area contributed by atoms with Gasteiger partial charge in [-0.15, -0.1) is 0 Å². The first-order valence-corrected chi connectivity index (χ1v) is 13.1. The van der Waals surface area contributed by atoms with E-state index in [0.29, 0.717) is 4.31 Å². The van der Waals surface area contributed by atoms with Gasteiger partial charge in [0, 0.05) is 0 Å². The molecule has 0 aromatic heterocycles. The summed E-state index contributed by atoms with van der Waals surface area (Å²) in [6.45, 7) is 0. The molecular weight excluding hydrogens is 511 g/mol. The molecule has 1 unspecified atom stereocenters. The van der Waals surface area contributed by atoms with Crippen LogP contribution in [0, 0.1) is 0 Å². The fraction of sp³-hybridized carbons (Fsp3) is 0.333. The van der Waals surface area contributed by atoms with Crippen molar-refractivity contribution in [2.75, 3.05) is 38.0 Å². The quantitative estimate of drug-likeness (QED) is 0.550. The van der Waals surface area contributed by atoms with Crippen LogP contribution >= 0.6 is 0 Å². The Morgan fingerprint density at radius 2 is 1.26 bits per heavy atom. The van der Waals surface area contributed by atoms with Gasteiger partial charge in [0.1, 0.15) is 0 Å². The molecule has 0 saturated carbocycles. The fourth-order valence-electron chi connectivity index (χ4n) is 3.08. The molecule has 0 radical (unpaired) electrons. The van der Waals surface area contributed by atoms with E-state index in [1.807, 2.05) is 0 Å². The van der Waals surface area contributed by atoms with Crippen LogP contribution in [0.3, 0.4) is 0 Å². The third kappa shape index (κ3) is 5.14. The Hall–Kier alpha value is -1.79. The first-order chi connectivity index (χ1) is 13.1. The van der Waals surface area contributed by atoms with Crippen molar-refractivity contribution in [3.8, 4) is 0 Å². The van der Waals surface area contributed by atoms with Crippen LogP contribution in [0.25, 0.3) is 0 Å². The minimum absolute atomic E-state index is 0.676. The monoisotopic (exact) mass is 542 g/mol. The van der Waals surface area contributed by atoms with Crippen LogP contribution in [0.2, 0.25) is 4.31 Å². The van der Waals surface area contributed by atoms with Crippen LogP contribution < -0.4 is 17.7 Å². The zero-order chi connectivity index (χ0) is 19.2. The molecule has 1 aliphatic rings. The molecule has 0 saturated heterocycles. The van der Waals surface area contributed by atoms with Crippen molar-refractivity contribution in [2.45, 2.75) is 23.6 Å². The average Bonchev–Trinajstić information content (AvgIpc) is 2.64. The molecule has 3 heteroatoms. The Morgan fingerprint density at radius 1 is 0.741 bits per heavy atom. The molecule has 0 heterocycles. The summed E-state index contributed by atoms with van der Waals surface area (Å²) in [5.41, 5.74) is 2.54. The second kappa shape index (κ2) is 9.42. The van der Waals surface area contributed by atoms with Crippen molar-refractivity contribution in [2.24, 2.45) is 0 Å². The van der Waals surface area contributed by atoms with Gasteiger partial charge in [0.05, 0.1) is 0 Å². The summed E-state index contributed by atoms with van der Waals surface area (Å²) in [7, 11) is 8.43. The number of hydrogen-bond acceptors (Lipinski definition) is 2. The summed E-state index contributed by atoms with van der Waals surface area (Å²) >= 11 is -1.57. The van der Waals surface area contributed by atoms with Crippen LogP contribution in [-0.2, 0) is 17.3 Å². The summed E-state index contributed by atoms with van der Waals surface area (Å²) in [5, 5.41) is 0. The molecule has 2 aromatic rings. The molecule has 0 amide bonds. The molecule has 0 N–H and O–H groups in total. The van der Waals surface area contributed by atoms with Gasteiger partial charge in [0.15, 0.2) is 0 Å². The number of nitrogens with zero attached hydrogens (tertiary/aromatic N) is 2. The van der Waals surface area contributed by atoms with Gasteiger partial charge in [0.25, 0.3) is 0 Å². The van der Waals surface area contributed by atoms with Crippen LogP contribution in [0.1, 0.15) is 19.3 Å². The summed E-state index contributed by atoms with van der Waals surface area (Å²) in [5.74, 6) is 0. The van der Waals surface area contributed by atoms with Gasteiger partial charge < -0.3 is 0 Å². The van der Waals surface area contributed by atoms with Gasteiger partial charge in [-0.25, -0.2) is 0 Å². The van der Waals surface area contributed by atoms with Crippen molar-refractivity contribution in [1.29, 1.82) is 0 Å². The summed E-state index contributed by atoms with van der Waals surface area (Å²) in [4.78, 5) is 4.35. The molecule has 147 valence electrons. The SMILES string of the molecule is CN(C)c1cc[c]([Pt]([c]2ccc(N(C)C)cc2)[CH]2C=CC=CCCC2)cc1. The van der Waals surface area contributed by atoms with Gasteiger partial charge in [-0.1, -0.05) is 0 Å². The Bertz CT molecular complexity index is 722. The van der Waals surface area contributed by atoms with Crippen LogP contribution in [0.4, 0.5) is 11.4 Å². The van der Waals surface area contributed by atoms with E-state index >= 15 is 0 Å². The van der Waals surface area contributed by atoms with E-state index < -0.39 is 17.3 Å². The Balaban J connectivity index is 1.99. The molecule has 1 aliphatic carbocycles. The second-order valence-electron chi connectivity index (χ2n) is 7.15. The van der Waals surface area contributed by atoms with Gasteiger partial charge in [-0.3, -0.25) is 0 Å². The second-order valence-corrected chi connectivity index (χ2v) is 13.3. The zero-order valence-electron chi connectivity index (χ0n) is 16.8. The number of benzene rings is 2. The summed E-state index contributed by atoms with van der Waals surface area (Å²) in [6, 6.07) is 18.6. The molecule has 0 spiro atoms.